The molecular formula is C34H34FN3O3. The second-order valence-corrected chi connectivity index (χ2v) is 10.8. The van der Waals surface area contributed by atoms with Gasteiger partial charge in [-0.15, -0.1) is 0 Å². The molecule has 210 valence electrons. The Labute approximate surface area is 239 Å². The van der Waals surface area contributed by atoms with Crippen LogP contribution in [0.3, 0.4) is 0 Å². The Kier molecular flexibility index (Phi) is 8.43. The molecular weight excluding hydrogens is 517 g/mol. The summed E-state index contributed by atoms with van der Waals surface area (Å²) in [5.74, 6) is -0.866. The molecule has 1 atom stereocenters. The van der Waals surface area contributed by atoms with E-state index in [9.17, 15) is 18.8 Å². The maximum absolute atomic E-state index is 13.9. The van der Waals surface area contributed by atoms with Gasteiger partial charge in [0.05, 0.1) is 5.69 Å². The van der Waals surface area contributed by atoms with Crippen LogP contribution >= 0.6 is 0 Å². The Hall–Kier alpha value is -4.52. The van der Waals surface area contributed by atoms with Gasteiger partial charge < -0.3 is 15.1 Å². The Morgan fingerprint density at radius 3 is 2.29 bits per heavy atom. The van der Waals surface area contributed by atoms with Gasteiger partial charge in [0.15, 0.2) is 0 Å². The van der Waals surface area contributed by atoms with E-state index < -0.39 is 6.04 Å². The van der Waals surface area contributed by atoms with Crippen molar-refractivity contribution in [3.8, 4) is 0 Å². The molecule has 1 unspecified atom stereocenters. The van der Waals surface area contributed by atoms with Gasteiger partial charge in [0.2, 0.25) is 11.8 Å². The quantitative estimate of drug-likeness (QED) is 0.253. The van der Waals surface area contributed by atoms with E-state index in [2.05, 4.69) is 5.32 Å². The number of hydrogen-bond donors (Lipinski definition) is 1. The molecule has 5 rings (SSSR count). The highest BCUT2D eigenvalue weighted by atomic mass is 19.1. The first-order valence-corrected chi connectivity index (χ1v) is 14.0. The normalized spacial score (nSPS) is 13.1. The maximum Gasteiger partial charge on any atom is 0.258 e. The van der Waals surface area contributed by atoms with Gasteiger partial charge in [-0.3, -0.25) is 14.4 Å². The van der Waals surface area contributed by atoms with Crippen LogP contribution in [0.1, 0.15) is 48.2 Å². The zero-order valence-electron chi connectivity index (χ0n) is 23.3. The van der Waals surface area contributed by atoms with Crippen molar-refractivity contribution in [3.05, 3.63) is 114 Å². The van der Waals surface area contributed by atoms with Gasteiger partial charge in [-0.1, -0.05) is 66.7 Å². The molecule has 0 spiro atoms. The summed E-state index contributed by atoms with van der Waals surface area (Å²) < 4.78 is 13.6. The van der Waals surface area contributed by atoms with Gasteiger partial charge in [-0.05, 0) is 61.0 Å². The van der Waals surface area contributed by atoms with Gasteiger partial charge in [-0.25, -0.2) is 4.39 Å². The predicted molar refractivity (Wildman–Crippen MR) is 159 cm³/mol. The lowest BCUT2D eigenvalue weighted by Gasteiger charge is -2.32. The summed E-state index contributed by atoms with van der Waals surface area (Å²) in [7, 11) is 0. The Bertz CT molecular complexity index is 1550. The van der Waals surface area contributed by atoms with Crippen molar-refractivity contribution in [2.45, 2.75) is 51.7 Å². The summed E-state index contributed by atoms with van der Waals surface area (Å²) in [4.78, 5) is 43.9. The highest BCUT2D eigenvalue weighted by Gasteiger charge is 2.32. The van der Waals surface area contributed by atoms with Crippen LogP contribution in [0.15, 0.2) is 91.0 Å². The third-order valence-electron chi connectivity index (χ3n) is 7.39. The molecule has 4 aromatic carbocycles. The van der Waals surface area contributed by atoms with E-state index in [1.54, 1.807) is 21.9 Å². The Morgan fingerprint density at radius 1 is 0.878 bits per heavy atom. The van der Waals surface area contributed by atoms with Crippen molar-refractivity contribution in [2.24, 2.45) is 0 Å². The van der Waals surface area contributed by atoms with Crippen molar-refractivity contribution >= 4 is 34.2 Å². The van der Waals surface area contributed by atoms with E-state index in [1.807, 2.05) is 80.6 Å². The lowest BCUT2D eigenvalue weighted by molar-refractivity contribution is -0.141. The van der Waals surface area contributed by atoms with Gasteiger partial charge in [0, 0.05) is 42.9 Å². The largest absolute Gasteiger partial charge is 0.352 e. The average Bonchev–Trinajstić information content (AvgIpc) is 3.24. The van der Waals surface area contributed by atoms with Crippen molar-refractivity contribution in [1.29, 1.82) is 0 Å². The smallest absolute Gasteiger partial charge is 0.258 e. The molecule has 0 fully saturated rings. The number of hydrogen-bond acceptors (Lipinski definition) is 3. The van der Waals surface area contributed by atoms with Crippen LogP contribution < -0.4 is 10.2 Å². The molecule has 0 saturated heterocycles. The molecule has 1 aliphatic rings. The molecule has 0 radical (unpaired) electrons. The molecule has 1 heterocycles. The molecule has 3 amide bonds. The van der Waals surface area contributed by atoms with Crippen LogP contribution in [0.2, 0.25) is 0 Å². The summed E-state index contributed by atoms with van der Waals surface area (Å²) in [6.07, 6.45) is 0.921. The molecule has 6 nitrogen and oxygen atoms in total. The number of carbonyl (C=O) groups excluding carboxylic acids is 3. The molecule has 1 N–H and O–H groups in total. The highest BCUT2D eigenvalue weighted by molar-refractivity contribution is 6.25. The Balaban J connectivity index is 1.37. The first-order valence-electron chi connectivity index (χ1n) is 14.0. The summed E-state index contributed by atoms with van der Waals surface area (Å²) >= 11 is 0. The van der Waals surface area contributed by atoms with Crippen LogP contribution in [0.5, 0.6) is 0 Å². The number of amides is 3. The Morgan fingerprint density at radius 2 is 1.59 bits per heavy atom. The first-order chi connectivity index (χ1) is 19.8. The lowest BCUT2D eigenvalue weighted by atomic mass is 10.0. The number of halogens is 1. The second kappa shape index (κ2) is 12.3. The summed E-state index contributed by atoms with van der Waals surface area (Å²) in [6.45, 7) is 4.31. The zero-order chi connectivity index (χ0) is 28.9. The molecule has 0 bridgehead atoms. The zero-order valence-corrected chi connectivity index (χ0v) is 23.3. The van der Waals surface area contributed by atoms with Gasteiger partial charge >= 0.3 is 0 Å². The summed E-state index contributed by atoms with van der Waals surface area (Å²) in [5, 5.41) is 4.93. The van der Waals surface area contributed by atoms with Crippen LogP contribution in [0.25, 0.3) is 10.8 Å². The fourth-order valence-electron chi connectivity index (χ4n) is 5.45. The second-order valence-electron chi connectivity index (χ2n) is 10.8. The van der Waals surface area contributed by atoms with E-state index in [1.165, 1.54) is 12.1 Å². The number of nitrogens with zero attached hydrogens (tertiary/aromatic N) is 2. The van der Waals surface area contributed by atoms with Crippen LogP contribution in [-0.4, -0.2) is 41.2 Å². The van der Waals surface area contributed by atoms with Gasteiger partial charge in [-0.2, -0.15) is 0 Å². The fraction of sp³-hybridized carbons (Fsp3) is 0.265. The maximum atomic E-state index is 13.9. The van der Waals surface area contributed by atoms with Crippen molar-refractivity contribution < 1.29 is 18.8 Å². The standard InChI is InChI=1S/C34H34FN3O3/c1-23(2)36-33(40)30(21-24-9-4-3-5-10-24)38(22-25-16-18-27(35)19-17-25)31(39)15-8-20-37-29-14-7-12-26-11-6-13-28(32(26)29)34(37)41/h3-7,9-14,16-19,23,30H,8,15,20-22H2,1-2H3,(H,36,40). The fourth-order valence-corrected chi connectivity index (χ4v) is 5.45. The number of nitrogens with one attached hydrogen (secondary N) is 1. The minimum atomic E-state index is -0.760. The number of carbonyl (C=O) groups is 3. The summed E-state index contributed by atoms with van der Waals surface area (Å²) in [6, 6.07) is 26.3. The third kappa shape index (κ3) is 6.30. The van der Waals surface area contributed by atoms with Gasteiger partial charge in [0.25, 0.3) is 5.91 Å². The highest BCUT2D eigenvalue weighted by Crippen LogP contribution is 2.37. The molecule has 7 heteroatoms. The number of benzene rings is 4. The van der Waals surface area contributed by atoms with Crippen molar-refractivity contribution in [3.63, 3.8) is 0 Å². The van der Waals surface area contributed by atoms with Crippen molar-refractivity contribution in [1.82, 2.24) is 10.2 Å². The van der Waals surface area contributed by atoms with Crippen LogP contribution in [0, 0.1) is 5.82 Å². The molecule has 1 aliphatic heterocycles. The van der Waals surface area contributed by atoms with E-state index in [0.717, 1.165) is 27.6 Å². The monoisotopic (exact) mass is 551 g/mol. The number of anilines is 1. The molecule has 0 aromatic heterocycles. The SMILES string of the molecule is CC(C)NC(=O)C(Cc1ccccc1)N(Cc1ccc(F)cc1)C(=O)CCCN1C(=O)c2cccc3cccc1c23. The number of rotatable bonds is 11. The van der Waals surface area contributed by atoms with Crippen molar-refractivity contribution in [2.75, 3.05) is 11.4 Å². The lowest BCUT2D eigenvalue weighted by Crippen LogP contribution is -2.51. The predicted octanol–water partition coefficient (Wildman–Crippen LogP) is 5.88. The van der Waals surface area contributed by atoms with E-state index in [4.69, 9.17) is 0 Å². The minimum absolute atomic E-state index is 0.0642. The molecule has 4 aromatic rings. The van der Waals surface area contributed by atoms with E-state index >= 15 is 0 Å². The molecule has 41 heavy (non-hydrogen) atoms. The van der Waals surface area contributed by atoms with E-state index in [0.29, 0.717) is 24.9 Å². The molecule has 0 aliphatic carbocycles. The summed E-state index contributed by atoms with van der Waals surface area (Å²) in [5.41, 5.74) is 3.20. The minimum Gasteiger partial charge on any atom is -0.352 e. The van der Waals surface area contributed by atoms with Gasteiger partial charge in [0.1, 0.15) is 11.9 Å². The van der Waals surface area contributed by atoms with Crippen LogP contribution in [0.4, 0.5) is 10.1 Å². The third-order valence-corrected chi connectivity index (χ3v) is 7.39. The van der Waals surface area contributed by atoms with Crippen LogP contribution in [-0.2, 0) is 22.6 Å². The van der Waals surface area contributed by atoms with E-state index in [-0.39, 0.29) is 42.5 Å². The molecule has 0 saturated carbocycles. The first kappa shape index (κ1) is 28.0. The topological polar surface area (TPSA) is 69.7 Å². The average molecular weight is 552 g/mol.